The van der Waals surface area contributed by atoms with E-state index < -0.39 is 0 Å². The number of rotatable bonds is 5. The fourth-order valence-electron chi connectivity index (χ4n) is 1.88. The zero-order valence-corrected chi connectivity index (χ0v) is 11.0. The highest BCUT2D eigenvalue weighted by Gasteiger charge is 2.11. The average molecular weight is 246 g/mol. The molecule has 0 bridgehead atoms. The van der Waals surface area contributed by atoms with Gasteiger partial charge in [-0.1, -0.05) is 0 Å². The highest BCUT2D eigenvalue weighted by atomic mass is 16.3. The lowest BCUT2D eigenvalue weighted by atomic mass is 10.3. The van der Waals surface area contributed by atoms with Gasteiger partial charge in [-0.3, -0.25) is 0 Å². The summed E-state index contributed by atoms with van der Waals surface area (Å²) < 4.78 is 5.34. The molecule has 2 rings (SSSR count). The van der Waals surface area contributed by atoms with Crippen molar-refractivity contribution in [1.29, 1.82) is 0 Å². The Labute approximate surface area is 107 Å². The van der Waals surface area contributed by atoms with Crippen molar-refractivity contribution >= 4 is 11.6 Å². The van der Waals surface area contributed by atoms with E-state index in [0.717, 1.165) is 29.5 Å². The maximum Gasteiger partial charge on any atom is 0.137 e. The minimum atomic E-state index is 0.691. The fourth-order valence-corrected chi connectivity index (χ4v) is 1.88. The van der Waals surface area contributed by atoms with E-state index in [1.807, 2.05) is 33.0 Å². The Hall–Kier alpha value is -2.04. The van der Waals surface area contributed by atoms with Crippen LogP contribution in [0.2, 0.25) is 0 Å². The summed E-state index contributed by atoms with van der Waals surface area (Å²) in [7, 11) is 1.99. The Morgan fingerprint density at radius 3 is 2.89 bits per heavy atom. The van der Waals surface area contributed by atoms with Gasteiger partial charge in [0, 0.05) is 19.2 Å². The molecule has 1 N–H and O–H groups in total. The highest BCUT2D eigenvalue weighted by Crippen LogP contribution is 2.22. The monoisotopic (exact) mass is 246 g/mol. The first-order valence-corrected chi connectivity index (χ1v) is 6.01. The first-order chi connectivity index (χ1) is 8.72. The second kappa shape index (κ2) is 5.53. The van der Waals surface area contributed by atoms with Crippen LogP contribution in [0.5, 0.6) is 0 Å². The summed E-state index contributed by atoms with van der Waals surface area (Å²) >= 11 is 0. The molecule has 0 aliphatic rings. The molecule has 0 unspecified atom stereocenters. The number of nitrogens with one attached hydrogen (secondary N) is 1. The normalized spacial score (nSPS) is 10.4. The number of anilines is 2. The van der Waals surface area contributed by atoms with E-state index in [2.05, 4.69) is 20.2 Å². The quantitative estimate of drug-likeness (QED) is 0.878. The molecule has 0 aromatic carbocycles. The van der Waals surface area contributed by atoms with Crippen molar-refractivity contribution in [2.24, 2.45) is 0 Å². The van der Waals surface area contributed by atoms with Crippen LogP contribution in [-0.2, 0) is 6.54 Å². The van der Waals surface area contributed by atoms with Crippen LogP contribution in [0.25, 0.3) is 0 Å². The van der Waals surface area contributed by atoms with E-state index in [0.29, 0.717) is 6.54 Å². The van der Waals surface area contributed by atoms with Gasteiger partial charge in [0.1, 0.15) is 23.7 Å². The Morgan fingerprint density at radius 1 is 1.39 bits per heavy atom. The van der Waals surface area contributed by atoms with Crippen molar-refractivity contribution < 1.29 is 4.42 Å². The van der Waals surface area contributed by atoms with Crippen molar-refractivity contribution in [3.05, 3.63) is 36.0 Å². The van der Waals surface area contributed by atoms with Crippen molar-refractivity contribution in [1.82, 2.24) is 9.97 Å². The molecule has 0 amide bonds. The van der Waals surface area contributed by atoms with Gasteiger partial charge in [-0.2, -0.15) is 0 Å². The topological polar surface area (TPSA) is 54.2 Å². The van der Waals surface area contributed by atoms with Gasteiger partial charge in [-0.05, 0) is 26.0 Å². The van der Waals surface area contributed by atoms with E-state index in [1.54, 1.807) is 12.6 Å². The van der Waals surface area contributed by atoms with E-state index >= 15 is 0 Å². The van der Waals surface area contributed by atoms with Gasteiger partial charge >= 0.3 is 0 Å². The molecule has 18 heavy (non-hydrogen) atoms. The molecule has 2 aromatic heterocycles. The summed E-state index contributed by atoms with van der Waals surface area (Å²) in [4.78, 5) is 10.6. The smallest absolute Gasteiger partial charge is 0.137 e. The van der Waals surface area contributed by atoms with Crippen LogP contribution >= 0.6 is 0 Å². The predicted molar refractivity (Wildman–Crippen MR) is 71.7 cm³/mol. The summed E-state index contributed by atoms with van der Waals surface area (Å²) in [6.45, 7) is 5.61. The summed E-state index contributed by atoms with van der Waals surface area (Å²) in [5, 5.41) is 3.23. The molecule has 0 fully saturated rings. The molecule has 2 aromatic rings. The van der Waals surface area contributed by atoms with Gasteiger partial charge in [0.05, 0.1) is 12.8 Å². The molecule has 0 atom stereocenters. The Kier molecular flexibility index (Phi) is 3.82. The first-order valence-electron chi connectivity index (χ1n) is 6.01. The molecule has 96 valence electrons. The SMILES string of the molecule is CCNc1ncnc(N(C)Cc2ccco2)c1C. The van der Waals surface area contributed by atoms with Crippen LogP contribution in [0.1, 0.15) is 18.2 Å². The van der Waals surface area contributed by atoms with Crippen molar-refractivity contribution in [3.63, 3.8) is 0 Å². The number of nitrogens with zero attached hydrogens (tertiary/aromatic N) is 3. The minimum absolute atomic E-state index is 0.691. The van der Waals surface area contributed by atoms with Crippen LogP contribution < -0.4 is 10.2 Å². The van der Waals surface area contributed by atoms with Crippen LogP contribution in [0.4, 0.5) is 11.6 Å². The summed E-state index contributed by atoms with van der Waals surface area (Å²) in [5.74, 6) is 2.71. The zero-order valence-electron chi connectivity index (χ0n) is 11.0. The molecule has 0 aliphatic heterocycles. The third-order valence-corrected chi connectivity index (χ3v) is 2.74. The molecule has 0 radical (unpaired) electrons. The standard InChI is InChI=1S/C13H18N4O/c1-4-14-12-10(2)13(16-9-15-12)17(3)8-11-6-5-7-18-11/h5-7,9H,4,8H2,1-3H3,(H,14,15,16). The molecular weight excluding hydrogens is 228 g/mol. The van der Waals surface area contributed by atoms with Crippen molar-refractivity contribution in [2.45, 2.75) is 20.4 Å². The molecular formula is C13H18N4O. The minimum Gasteiger partial charge on any atom is -0.467 e. The van der Waals surface area contributed by atoms with Gasteiger partial charge < -0.3 is 14.6 Å². The molecule has 0 saturated heterocycles. The second-order valence-corrected chi connectivity index (χ2v) is 4.14. The van der Waals surface area contributed by atoms with E-state index in [-0.39, 0.29) is 0 Å². The lowest BCUT2D eigenvalue weighted by Gasteiger charge is -2.20. The van der Waals surface area contributed by atoms with Crippen LogP contribution in [0.15, 0.2) is 29.1 Å². The van der Waals surface area contributed by atoms with Gasteiger partial charge in [0.25, 0.3) is 0 Å². The third-order valence-electron chi connectivity index (χ3n) is 2.74. The van der Waals surface area contributed by atoms with Crippen LogP contribution in [-0.4, -0.2) is 23.6 Å². The highest BCUT2D eigenvalue weighted by molar-refractivity contribution is 5.57. The molecule has 5 nitrogen and oxygen atoms in total. The largest absolute Gasteiger partial charge is 0.467 e. The Balaban J connectivity index is 2.19. The number of furan rings is 1. The van der Waals surface area contributed by atoms with E-state index in [1.165, 1.54) is 0 Å². The van der Waals surface area contributed by atoms with Crippen LogP contribution in [0.3, 0.4) is 0 Å². The van der Waals surface area contributed by atoms with Crippen molar-refractivity contribution in [3.8, 4) is 0 Å². The Morgan fingerprint density at radius 2 is 2.22 bits per heavy atom. The maximum absolute atomic E-state index is 5.34. The molecule has 2 heterocycles. The number of hydrogen-bond donors (Lipinski definition) is 1. The lowest BCUT2D eigenvalue weighted by molar-refractivity contribution is 0.506. The van der Waals surface area contributed by atoms with E-state index in [4.69, 9.17) is 4.42 Å². The van der Waals surface area contributed by atoms with Gasteiger partial charge in [0.2, 0.25) is 0 Å². The maximum atomic E-state index is 5.34. The number of hydrogen-bond acceptors (Lipinski definition) is 5. The van der Waals surface area contributed by atoms with E-state index in [9.17, 15) is 0 Å². The fraction of sp³-hybridized carbons (Fsp3) is 0.385. The van der Waals surface area contributed by atoms with Gasteiger partial charge in [-0.25, -0.2) is 9.97 Å². The zero-order chi connectivity index (χ0) is 13.0. The molecule has 0 saturated carbocycles. The first kappa shape index (κ1) is 12.4. The van der Waals surface area contributed by atoms with Crippen LogP contribution in [0, 0.1) is 6.92 Å². The van der Waals surface area contributed by atoms with Crippen molar-refractivity contribution in [2.75, 3.05) is 23.8 Å². The summed E-state index contributed by atoms with van der Waals surface area (Å²) in [5.41, 5.74) is 1.05. The number of aromatic nitrogens is 2. The lowest BCUT2D eigenvalue weighted by Crippen LogP contribution is -2.19. The summed E-state index contributed by atoms with van der Waals surface area (Å²) in [6, 6.07) is 3.85. The third kappa shape index (κ3) is 2.61. The molecule has 0 aliphatic carbocycles. The molecule has 0 spiro atoms. The Bertz CT molecular complexity index is 496. The summed E-state index contributed by atoms with van der Waals surface area (Å²) in [6.07, 6.45) is 3.26. The predicted octanol–water partition coefficient (Wildman–Crippen LogP) is 2.45. The van der Waals surface area contributed by atoms with Gasteiger partial charge in [-0.15, -0.1) is 0 Å². The second-order valence-electron chi connectivity index (χ2n) is 4.14. The van der Waals surface area contributed by atoms with Gasteiger partial charge in [0.15, 0.2) is 0 Å². The molecule has 5 heteroatoms. The average Bonchev–Trinajstić information content (AvgIpc) is 2.85.